The zero-order valence-corrected chi connectivity index (χ0v) is 26.1. The van der Waals surface area contributed by atoms with Crippen LogP contribution in [0.2, 0.25) is 0 Å². The average molecular weight is 617 g/mol. The summed E-state index contributed by atoms with van der Waals surface area (Å²) in [5.74, 6) is 3.11. The van der Waals surface area contributed by atoms with Crippen LogP contribution in [0, 0.1) is 0 Å². The van der Waals surface area contributed by atoms with Crippen molar-refractivity contribution in [2.75, 3.05) is 20.8 Å². The van der Waals surface area contributed by atoms with Gasteiger partial charge in [0.15, 0.2) is 5.60 Å². The van der Waals surface area contributed by atoms with E-state index in [1.807, 2.05) is 97.1 Å². The molecule has 0 spiro atoms. The van der Waals surface area contributed by atoms with Gasteiger partial charge in [-0.3, -0.25) is 0 Å². The fourth-order valence-corrected chi connectivity index (χ4v) is 7.75. The molecule has 0 amide bonds. The maximum atomic E-state index is 13.1. The first-order chi connectivity index (χ1) is 23.0. The molecule has 230 valence electrons. The van der Waals surface area contributed by atoms with Crippen LogP contribution in [-0.2, 0) is 17.6 Å². The molecule has 1 atom stereocenters. The molecule has 0 aromatic heterocycles. The first-order valence-electron chi connectivity index (χ1n) is 15.9. The largest absolute Gasteiger partial charge is 0.497 e. The summed E-state index contributed by atoms with van der Waals surface area (Å²) in [5, 5.41) is 15.1. The number of rotatable bonds is 5. The Labute approximate surface area is 273 Å². The maximum Gasteiger partial charge on any atom is 0.178 e. The van der Waals surface area contributed by atoms with Crippen molar-refractivity contribution in [3.63, 3.8) is 0 Å². The molecule has 6 aromatic carbocycles. The van der Waals surface area contributed by atoms with E-state index in [1.165, 1.54) is 0 Å². The second kappa shape index (κ2) is 10.2. The highest BCUT2D eigenvalue weighted by Gasteiger charge is 2.48. The van der Waals surface area contributed by atoms with Gasteiger partial charge in [0.25, 0.3) is 0 Å². The van der Waals surface area contributed by atoms with Gasteiger partial charge < -0.3 is 24.1 Å². The number of benzene rings is 6. The lowest BCUT2D eigenvalue weighted by Crippen LogP contribution is -2.35. The molecule has 0 saturated carbocycles. The lowest BCUT2D eigenvalue weighted by Gasteiger charge is -2.38. The summed E-state index contributed by atoms with van der Waals surface area (Å²) in [6.07, 6.45) is 5.09. The first-order valence-corrected chi connectivity index (χ1v) is 15.9. The minimum absolute atomic E-state index is 0.642. The van der Waals surface area contributed by atoms with Crippen molar-refractivity contribution in [3.8, 4) is 34.1 Å². The van der Waals surface area contributed by atoms with Gasteiger partial charge in [-0.05, 0) is 70.1 Å². The molecule has 0 radical (unpaired) electrons. The van der Waals surface area contributed by atoms with E-state index in [0.29, 0.717) is 12.4 Å². The SMILES string of the molecule is COc1ccc(C2(c3ccc(OC)cc3)C=Cc3c4c(c5cc6c(cc5c3O2)OCC6)-c2ccccc2C4(O)c2ccccc2)cc1. The van der Waals surface area contributed by atoms with Crippen LogP contribution in [0.15, 0.2) is 121 Å². The number of hydrogen-bond donors (Lipinski definition) is 1. The standard InChI is InChI=1S/C42H32O5/c1-44-30-16-12-27(13-17-30)41(28-14-18-31(45-2)19-15-28)22-20-33-39-38(34-24-26-21-23-46-37(26)25-35(34)40(33)47-41)32-10-6-7-11-36(32)42(39,43)29-8-4-3-5-9-29/h3-20,22,24-25,43H,21,23H2,1-2H3. The van der Waals surface area contributed by atoms with Crippen molar-refractivity contribution in [3.05, 3.63) is 160 Å². The fraction of sp³-hybridized carbons (Fsp3) is 0.143. The van der Waals surface area contributed by atoms with Gasteiger partial charge in [-0.25, -0.2) is 0 Å². The highest BCUT2D eigenvalue weighted by Crippen LogP contribution is 2.60. The Bertz CT molecular complexity index is 2170. The van der Waals surface area contributed by atoms with Crippen molar-refractivity contribution in [1.82, 2.24) is 0 Å². The van der Waals surface area contributed by atoms with E-state index >= 15 is 0 Å². The zero-order valence-electron chi connectivity index (χ0n) is 26.1. The summed E-state index contributed by atoms with van der Waals surface area (Å²) in [4.78, 5) is 0. The van der Waals surface area contributed by atoms with E-state index in [0.717, 1.165) is 84.5 Å². The number of aliphatic hydroxyl groups is 1. The van der Waals surface area contributed by atoms with Crippen LogP contribution in [0.4, 0.5) is 0 Å². The predicted octanol–water partition coefficient (Wildman–Crippen LogP) is 8.41. The predicted molar refractivity (Wildman–Crippen MR) is 184 cm³/mol. The second-order valence-corrected chi connectivity index (χ2v) is 12.3. The quantitative estimate of drug-likeness (QED) is 0.211. The van der Waals surface area contributed by atoms with Gasteiger partial charge in [-0.1, -0.05) is 84.9 Å². The highest BCUT2D eigenvalue weighted by molar-refractivity contribution is 6.09. The maximum absolute atomic E-state index is 13.1. The molecule has 47 heavy (non-hydrogen) atoms. The Morgan fingerprint density at radius 3 is 2.04 bits per heavy atom. The summed E-state index contributed by atoms with van der Waals surface area (Å²) in [5.41, 5.74) is 6.09. The van der Waals surface area contributed by atoms with Crippen molar-refractivity contribution in [1.29, 1.82) is 0 Å². The molecule has 2 aliphatic heterocycles. The molecule has 2 heterocycles. The van der Waals surface area contributed by atoms with Gasteiger partial charge in [-0.15, -0.1) is 0 Å². The van der Waals surface area contributed by atoms with E-state index in [4.69, 9.17) is 18.9 Å². The molecule has 0 saturated heterocycles. The fourth-order valence-electron chi connectivity index (χ4n) is 7.75. The Morgan fingerprint density at radius 2 is 1.36 bits per heavy atom. The molecule has 0 fully saturated rings. The van der Waals surface area contributed by atoms with E-state index in [-0.39, 0.29) is 0 Å². The number of fused-ring (bicyclic) bond motifs is 9. The minimum atomic E-state index is -1.39. The molecular weight excluding hydrogens is 584 g/mol. The van der Waals surface area contributed by atoms with Gasteiger partial charge >= 0.3 is 0 Å². The highest BCUT2D eigenvalue weighted by atomic mass is 16.5. The normalized spacial score (nSPS) is 18.0. The van der Waals surface area contributed by atoms with Crippen molar-refractivity contribution >= 4 is 16.8 Å². The van der Waals surface area contributed by atoms with Gasteiger partial charge in [-0.2, -0.15) is 0 Å². The van der Waals surface area contributed by atoms with Crippen molar-refractivity contribution in [2.24, 2.45) is 0 Å². The molecule has 1 unspecified atom stereocenters. The molecule has 5 heteroatoms. The van der Waals surface area contributed by atoms with E-state index < -0.39 is 11.2 Å². The number of methoxy groups -OCH3 is 2. The monoisotopic (exact) mass is 616 g/mol. The lowest BCUT2D eigenvalue weighted by atomic mass is 9.78. The summed E-state index contributed by atoms with van der Waals surface area (Å²) in [6.45, 7) is 0.642. The Balaban J connectivity index is 1.38. The Morgan fingerprint density at radius 1 is 0.702 bits per heavy atom. The van der Waals surface area contributed by atoms with Crippen LogP contribution >= 0.6 is 0 Å². The van der Waals surface area contributed by atoms with Gasteiger partial charge in [0.2, 0.25) is 0 Å². The first kappa shape index (κ1) is 27.8. The lowest BCUT2D eigenvalue weighted by molar-refractivity contribution is 0.127. The van der Waals surface area contributed by atoms with Crippen molar-refractivity contribution < 1.29 is 24.1 Å². The molecule has 9 rings (SSSR count). The van der Waals surface area contributed by atoms with E-state index in [9.17, 15) is 5.11 Å². The third-order valence-corrected chi connectivity index (χ3v) is 10.0. The third kappa shape index (κ3) is 3.87. The molecular formula is C42H32O5. The summed E-state index contributed by atoms with van der Waals surface area (Å²) < 4.78 is 24.6. The van der Waals surface area contributed by atoms with Gasteiger partial charge in [0.1, 0.15) is 28.6 Å². The van der Waals surface area contributed by atoms with Gasteiger partial charge in [0.05, 0.1) is 20.8 Å². The van der Waals surface area contributed by atoms with E-state index in [2.05, 4.69) is 30.4 Å². The molecule has 1 aliphatic carbocycles. The van der Waals surface area contributed by atoms with Crippen LogP contribution in [0.1, 0.15) is 38.9 Å². The number of hydrogen-bond acceptors (Lipinski definition) is 5. The zero-order chi connectivity index (χ0) is 31.8. The van der Waals surface area contributed by atoms with Crippen LogP contribution in [0.3, 0.4) is 0 Å². The molecule has 6 aromatic rings. The Hall–Kier alpha value is -5.52. The molecule has 0 bridgehead atoms. The molecule has 1 N–H and O–H groups in total. The van der Waals surface area contributed by atoms with Crippen molar-refractivity contribution in [2.45, 2.75) is 17.6 Å². The van der Waals surface area contributed by atoms with E-state index in [1.54, 1.807) is 14.2 Å². The van der Waals surface area contributed by atoms with Crippen LogP contribution < -0.4 is 18.9 Å². The van der Waals surface area contributed by atoms with Crippen LogP contribution in [0.25, 0.3) is 28.0 Å². The average Bonchev–Trinajstić information content (AvgIpc) is 3.71. The minimum Gasteiger partial charge on any atom is -0.497 e. The smallest absolute Gasteiger partial charge is 0.178 e. The van der Waals surface area contributed by atoms with Crippen LogP contribution in [-0.4, -0.2) is 25.9 Å². The Kier molecular flexibility index (Phi) is 6.05. The summed E-state index contributed by atoms with van der Waals surface area (Å²) in [6, 6.07) is 38.6. The molecule has 3 aliphatic rings. The third-order valence-electron chi connectivity index (χ3n) is 10.0. The summed E-state index contributed by atoms with van der Waals surface area (Å²) in [7, 11) is 3.33. The number of ether oxygens (including phenoxy) is 4. The second-order valence-electron chi connectivity index (χ2n) is 12.3. The molecule has 5 nitrogen and oxygen atoms in total. The van der Waals surface area contributed by atoms with Gasteiger partial charge in [0, 0.05) is 39.6 Å². The summed E-state index contributed by atoms with van der Waals surface area (Å²) >= 11 is 0. The topological polar surface area (TPSA) is 57.2 Å². The van der Waals surface area contributed by atoms with Crippen LogP contribution in [0.5, 0.6) is 23.0 Å².